The van der Waals surface area contributed by atoms with Gasteiger partial charge in [0.15, 0.2) is 0 Å². The maximum atomic E-state index is 13.0. The molecule has 31 heavy (non-hydrogen) atoms. The molecule has 166 valence electrons. The number of carbonyl (C=O) groups excluding carboxylic acids is 1. The SMILES string of the molecule is CC(C)(C)OC(=O)N1CC2(CC(N(c3ccc(C(F)(F)F)cc3)c3cccnc3)C2)C1. The van der Waals surface area contributed by atoms with E-state index in [1.165, 1.54) is 12.1 Å². The molecule has 0 N–H and O–H groups in total. The van der Waals surface area contributed by atoms with Crippen LogP contribution in [0.2, 0.25) is 0 Å². The van der Waals surface area contributed by atoms with Crippen LogP contribution in [-0.2, 0) is 10.9 Å². The molecule has 1 saturated carbocycles. The minimum absolute atomic E-state index is 0.0495. The first-order valence-electron chi connectivity index (χ1n) is 10.3. The Labute approximate surface area is 179 Å². The first-order chi connectivity index (χ1) is 14.5. The zero-order valence-electron chi connectivity index (χ0n) is 17.8. The molecule has 1 amide bonds. The second-order valence-corrected chi connectivity index (χ2v) is 9.52. The average molecular weight is 433 g/mol. The van der Waals surface area contributed by atoms with Crippen LogP contribution in [0.1, 0.15) is 39.2 Å². The Balaban J connectivity index is 1.47. The summed E-state index contributed by atoms with van der Waals surface area (Å²) in [5, 5.41) is 0. The molecule has 1 spiro atoms. The van der Waals surface area contributed by atoms with Crippen molar-refractivity contribution in [3.8, 4) is 0 Å². The highest BCUT2D eigenvalue weighted by atomic mass is 19.4. The summed E-state index contributed by atoms with van der Waals surface area (Å²) in [6.07, 6.45) is 0.422. The number of nitrogens with zero attached hydrogens (tertiary/aromatic N) is 3. The Morgan fingerprint density at radius 2 is 1.74 bits per heavy atom. The molecule has 1 aromatic carbocycles. The topological polar surface area (TPSA) is 45.7 Å². The summed E-state index contributed by atoms with van der Waals surface area (Å²) in [4.78, 5) is 20.2. The number of hydrogen-bond donors (Lipinski definition) is 0. The fourth-order valence-corrected chi connectivity index (χ4v) is 4.48. The van der Waals surface area contributed by atoms with Crippen LogP contribution in [0.4, 0.5) is 29.3 Å². The maximum Gasteiger partial charge on any atom is 0.416 e. The number of ether oxygens (including phenoxy) is 1. The fourth-order valence-electron chi connectivity index (χ4n) is 4.48. The molecule has 2 heterocycles. The molecule has 0 unspecified atom stereocenters. The summed E-state index contributed by atoms with van der Waals surface area (Å²) >= 11 is 0. The molecule has 4 rings (SSSR count). The van der Waals surface area contributed by atoms with E-state index in [9.17, 15) is 18.0 Å². The first-order valence-corrected chi connectivity index (χ1v) is 10.3. The summed E-state index contributed by atoms with van der Waals surface area (Å²) in [6, 6.07) is 9.09. The van der Waals surface area contributed by atoms with E-state index in [0.29, 0.717) is 18.8 Å². The van der Waals surface area contributed by atoms with Gasteiger partial charge in [0.25, 0.3) is 0 Å². The van der Waals surface area contributed by atoms with Crippen LogP contribution in [-0.4, -0.2) is 40.7 Å². The van der Waals surface area contributed by atoms with E-state index >= 15 is 0 Å². The van der Waals surface area contributed by atoms with Crippen molar-refractivity contribution in [1.82, 2.24) is 9.88 Å². The largest absolute Gasteiger partial charge is 0.444 e. The van der Waals surface area contributed by atoms with E-state index < -0.39 is 17.3 Å². The standard InChI is InChI=1S/C23H26F3N3O2/c1-21(2,3)31-20(30)28-14-22(15-28)11-19(12-22)29(18-5-4-10-27-13-18)17-8-6-16(7-9-17)23(24,25)26/h4-10,13,19H,11-12,14-15H2,1-3H3. The normalized spacial score (nSPS) is 18.3. The van der Waals surface area contributed by atoms with Crippen molar-refractivity contribution < 1.29 is 22.7 Å². The predicted molar refractivity (Wildman–Crippen MR) is 111 cm³/mol. The molecule has 2 fully saturated rings. The van der Waals surface area contributed by atoms with E-state index in [2.05, 4.69) is 9.88 Å². The van der Waals surface area contributed by atoms with Crippen molar-refractivity contribution >= 4 is 17.5 Å². The molecule has 0 bridgehead atoms. The van der Waals surface area contributed by atoms with E-state index in [4.69, 9.17) is 4.74 Å². The number of halogens is 3. The van der Waals surface area contributed by atoms with Gasteiger partial charge in [-0.15, -0.1) is 0 Å². The van der Waals surface area contributed by atoms with Gasteiger partial charge in [0, 0.05) is 36.4 Å². The Morgan fingerprint density at radius 3 is 2.26 bits per heavy atom. The highest BCUT2D eigenvalue weighted by Crippen LogP contribution is 2.52. The number of alkyl halides is 3. The summed E-state index contributed by atoms with van der Waals surface area (Å²) in [5.74, 6) is 0. The molecule has 0 radical (unpaired) electrons. The fraction of sp³-hybridized carbons (Fsp3) is 0.478. The maximum absolute atomic E-state index is 13.0. The van der Waals surface area contributed by atoms with Gasteiger partial charge in [-0.1, -0.05) is 0 Å². The number of aromatic nitrogens is 1. The summed E-state index contributed by atoms with van der Waals surface area (Å²) in [5.41, 5.74) is 0.393. The van der Waals surface area contributed by atoms with Crippen LogP contribution in [0.3, 0.4) is 0 Å². The van der Waals surface area contributed by atoms with Crippen molar-refractivity contribution in [1.29, 1.82) is 0 Å². The number of pyridine rings is 1. The highest BCUT2D eigenvalue weighted by molar-refractivity contribution is 5.70. The molecule has 1 saturated heterocycles. The second-order valence-electron chi connectivity index (χ2n) is 9.52. The number of hydrogen-bond acceptors (Lipinski definition) is 4. The molecular weight excluding hydrogens is 407 g/mol. The van der Waals surface area contributed by atoms with Gasteiger partial charge in [-0.3, -0.25) is 4.98 Å². The number of rotatable bonds is 3. The Hall–Kier alpha value is -2.77. The Bertz CT molecular complexity index is 925. The summed E-state index contributed by atoms with van der Waals surface area (Å²) in [7, 11) is 0. The quantitative estimate of drug-likeness (QED) is 0.629. The number of anilines is 2. The third-order valence-electron chi connectivity index (χ3n) is 5.80. The molecular formula is C23H26F3N3O2. The third-order valence-corrected chi connectivity index (χ3v) is 5.80. The lowest BCUT2D eigenvalue weighted by atomic mass is 9.60. The molecule has 5 nitrogen and oxygen atoms in total. The smallest absolute Gasteiger partial charge is 0.416 e. The van der Waals surface area contributed by atoms with Gasteiger partial charge >= 0.3 is 12.3 Å². The molecule has 1 aromatic heterocycles. The molecule has 0 atom stereocenters. The van der Waals surface area contributed by atoms with Crippen molar-refractivity contribution in [3.63, 3.8) is 0 Å². The second kappa shape index (κ2) is 7.43. The number of amides is 1. The first kappa shape index (κ1) is 21.5. The van der Waals surface area contributed by atoms with Crippen LogP contribution in [0.5, 0.6) is 0 Å². The molecule has 2 aliphatic rings. The Kier molecular flexibility index (Phi) is 5.14. The summed E-state index contributed by atoms with van der Waals surface area (Å²) < 4.78 is 44.4. The van der Waals surface area contributed by atoms with Crippen LogP contribution in [0, 0.1) is 5.41 Å². The minimum atomic E-state index is -4.37. The van der Waals surface area contributed by atoms with Gasteiger partial charge in [-0.05, 0) is 70.0 Å². The molecule has 1 aliphatic heterocycles. The number of carbonyl (C=O) groups is 1. The minimum Gasteiger partial charge on any atom is -0.444 e. The lowest BCUT2D eigenvalue weighted by Crippen LogP contribution is -2.67. The van der Waals surface area contributed by atoms with Crippen LogP contribution in [0.25, 0.3) is 0 Å². The lowest BCUT2D eigenvalue weighted by molar-refractivity contribution is -0.137. The number of benzene rings is 1. The zero-order valence-corrected chi connectivity index (χ0v) is 17.8. The van der Waals surface area contributed by atoms with Gasteiger partial charge in [0.2, 0.25) is 0 Å². The van der Waals surface area contributed by atoms with Gasteiger partial charge < -0.3 is 14.5 Å². The van der Waals surface area contributed by atoms with Crippen molar-refractivity contribution in [2.45, 2.75) is 51.4 Å². The lowest BCUT2D eigenvalue weighted by Gasteiger charge is -2.60. The van der Waals surface area contributed by atoms with Crippen molar-refractivity contribution in [2.75, 3.05) is 18.0 Å². The van der Waals surface area contributed by atoms with Crippen molar-refractivity contribution in [3.05, 3.63) is 54.4 Å². The van der Waals surface area contributed by atoms with E-state index in [1.54, 1.807) is 17.3 Å². The van der Waals surface area contributed by atoms with E-state index in [-0.39, 0.29) is 17.6 Å². The van der Waals surface area contributed by atoms with Gasteiger partial charge in [0.05, 0.1) is 17.4 Å². The Morgan fingerprint density at radius 1 is 1.10 bits per heavy atom. The van der Waals surface area contributed by atoms with Crippen molar-refractivity contribution in [2.24, 2.45) is 5.41 Å². The number of likely N-dealkylation sites (tertiary alicyclic amines) is 1. The molecule has 1 aliphatic carbocycles. The summed E-state index contributed by atoms with van der Waals surface area (Å²) in [6.45, 7) is 6.82. The van der Waals surface area contributed by atoms with E-state index in [0.717, 1.165) is 30.7 Å². The third kappa shape index (κ3) is 4.48. The van der Waals surface area contributed by atoms with Crippen LogP contribution in [0.15, 0.2) is 48.8 Å². The van der Waals surface area contributed by atoms with Crippen LogP contribution < -0.4 is 4.90 Å². The molecule has 8 heteroatoms. The predicted octanol–water partition coefficient (Wildman–Crippen LogP) is 5.64. The molecule has 2 aromatic rings. The van der Waals surface area contributed by atoms with Gasteiger partial charge in [0.1, 0.15) is 5.60 Å². The highest BCUT2D eigenvalue weighted by Gasteiger charge is 2.56. The zero-order chi connectivity index (χ0) is 22.4. The van der Waals surface area contributed by atoms with Gasteiger partial charge in [-0.2, -0.15) is 13.2 Å². The average Bonchev–Trinajstić information content (AvgIpc) is 2.61. The monoisotopic (exact) mass is 433 g/mol. The van der Waals surface area contributed by atoms with Gasteiger partial charge in [-0.25, -0.2) is 4.79 Å². The van der Waals surface area contributed by atoms with E-state index in [1.807, 2.05) is 32.9 Å². The van der Waals surface area contributed by atoms with Crippen LogP contribution >= 0.6 is 0 Å².